The van der Waals surface area contributed by atoms with Gasteiger partial charge in [-0.1, -0.05) is 12.1 Å². The summed E-state index contributed by atoms with van der Waals surface area (Å²) < 4.78 is 13.2. The largest absolute Gasteiger partial charge is 0.481 e. The summed E-state index contributed by atoms with van der Waals surface area (Å²) in [5.41, 5.74) is 0.612. The second-order valence-electron chi connectivity index (χ2n) is 5.28. The van der Waals surface area contributed by atoms with Gasteiger partial charge in [0.25, 0.3) is 0 Å². The molecule has 20 heavy (non-hydrogen) atoms. The van der Waals surface area contributed by atoms with Crippen molar-refractivity contribution >= 4 is 11.9 Å². The Morgan fingerprint density at radius 3 is 2.70 bits per heavy atom. The Hall–Kier alpha value is -1.91. The van der Waals surface area contributed by atoms with Crippen LogP contribution in [0.5, 0.6) is 0 Å². The lowest BCUT2D eigenvalue weighted by Gasteiger charge is -2.26. The van der Waals surface area contributed by atoms with Crippen molar-refractivity contribution in [3.05, 3.63) is 35.6 Å². The number of carboxylic acid groups (broad SMARTS) is 1. The molecule has 0 spiro atoms. The van der Waals surface area contributed by atoms with Crippen LogP contribution in [0.3, 0.4) is 0 Å². The van der Waals surface area contributed by atoms with E-state index >= 15 is 0 Å². The first-order valence-corrected chi connectivity index (χ1v) is 6.70. The SMILES string of the molecule is CC(C(=O)N1CCC(C(=O)O)C1C)c1cccc(F)c1. The first-order valence-electron chi connectivity index (χ1n) is 6.70. The van der Waals surface area contributed by atoms with E-state index in [4.69, 9.17) is 5.11 Å². The monoisotopic (exact) mass is 279 g/mol. The van der Waals surface area contributed by atoms with Crippen molar-refractivity contribution < 1.29 is 19.1 Å². The average molecular weight is 279 g/mol. The van der Waals surface area contributed by atoms with E-state index < -0.39 is 17.8 Å². The van der Waals surface area contributed by atoms with Gasteiger partial charge in [0.15, 0.2) is 0 Å². The summed E-state index contributed by atoms with van der Waals surface area (Å²) in [6, 6.07) is 5.64. The van der Waals surface area contributed by atoms with Gasteiger partial charge in [-0.3, -0.25) is 9.59 Å². The number of hydrogen-bond donors (Lipinski definition) is 1. The number of likely N-dealkylation sites (tertiary alicyclic amines) is 1. The van der Waals surface area contributed by atoms with Crippen LogP contribution in [0, 0.1) is 11.7 Å². The number of halogens is 1. The van der Waals surface area contributed by atoms with Gasteiger partial charge in [-0.2, -0.15) is 0 Å². The molecule has 3 atom stereocenters. The molecule has 1 aliphatic rings. The lowest BCUT2D eigenvalue weighted by Crippen LogP contribution is -2.39. The van der Waals surface area contributed by atoms with E-state index in [1.165, 1.54) is 12.1 Å². The maximum absolute atomic E-state index is 13.2. The molecule has 3 unspecified atom stereocenters. The molecule has 0 aliphatic carbocycles. The molecule has 1 heterocycles. The van der Waals surface area contributed by atoms with Crippen LogP contribution in [0.25, 0.3) is 0 Å². The van der Waals surface area contributed by atoms with E-state index in [0.29, 0.717) is 18.5 Å². The van der Waals surface area contributed by atoms with Crippen LogP contribution in [0.2, 0.25) is 0 Å². The summed E-state index contributed by atoms with van der Waals surface area (Å²) in [4.78, 5) is 25.1. The van der Waals surface area contributed by atoms with Gasteiger partial charge in [-0.05, 0) is 38.0 Å². The summed E-state index contributed by atoms with van der Waals surface area (Å²) in [6.07, 6.45) is 0.470. The number of carboxylic acids is 1. The van der Waals surface area contributed by atoms with Crippen molar-refractivity contribution in [2.75, 3.05) is 6.54 Å². The van der Waals surface area contributed by atoms with Crippen LogP contribution in [0.15, 0.2) is 24.3 Å². The molecule has 0 aromatic heterocycles. The van der Waals surface area contributed by atoms with Crippen molar-refractivity contribution in [3.63, 3.8) is 0 Å². The second kappa shape index (κ2) is 5.61. The predicted molar refractivity (Wildman–Crippen MR) is 71.7 cm³/mol. The third-order valence-corrected chi connectivity index (χ3v) is 4.07. The molecular formula is C15H18FNO3. The van der Waals surface area contributed by atoms with Crippen LogP contribution in [-0.4, -0.2) is 34.5 Å². The fourth-order valence-electron chi connectivity index (χ4n) is 2.75. The van der Waals surface area contributed by atoms with E-state index in [0.717, 1.165) is 0 Å². The molecule has 1 aliphatic heterocycles. The summed E-state index contributed by atoms with van der Waals surface area (Å²) in [5.74, 6) is -2.38. The number of carbonyl (C=O) groups excluding carboxylic acids is 1. The highest BCUT2D eigenvalue weighted by Crippen LogP contribution is 2.28. The van der Waals surface area contributed by atoms with Gasteiger partial charge in [0.05, 0.1) is 11.8 Å². The zero-order valence-electron chi connectivity index (χ0n) is 11.5. The Morgan fingerprint density at radius 2 is 2.15 bits per heavy atom. The minimum atomic E-state index is -0.869. The molecule has 0 bridgehead atoms. The van der Waals surface area contributed by atoms with Crippen LogP contribution in [-0.2, 0) is 9.59 Å². The molecule has 0 saturated carbocycles. The number of amides is 1. The van der Waals surface area contributed by atoms with E-state index in [-0.39, 0.29) is 17.8 Å². The maximum atomic E-state index is 13.2. The Labute approximate surface area is 117 Å². The Kier molecular flexibility index (Phi) is 4.06. The molecule has 1 aromatic carbocycles. The Balaban J connectivity index is 2.14. The molecule has 1 amide bonds. The van der Waals surface area contributed by atoms with Gasteiger partial charge in [0.2, 0.25) is 5.91 Å². The summed E-state index contributed by atoms with van der Waals surface area (Å²) >= 11 is 0. The van der Waals surface area contributed by atoms with E-state index in [9.17, 15) is 14.0 Å². The molecule has 4 nitrogen and oxygen atoms in total. The highest BCUT2D eigenvalue weighted by Gasteiger charge is 2.39. The molecule has 1 saturated heterocycles. The molecule has 0 radical (unpaired) electrons. The molecule has 1 fully saturated rings. The molecule has 2 rings (SSSR count). The van der Waals surface area contributed by atoms with E-state index in [1.54, 1.807) is 30.9 Å². The van der Waals surface area contributed by atoms with Crippen molar-refractivity contribution in [2.45, 2.75) is 32.2 Å². The summed E-state index contributed by atoms with van der Waals surface area (Å²) in [7, 11) is 0. The fraction of sp³-hybridized carbons (Fsp3) is 0.467. The number of aliphatic carboxylic acids is 1. The zero-order chi connectivity index (χ0) is 14.9. The molecule has 1 N–H and O–H groups in total. The van der Waals surface area contributed by atoms with Gasteiger partial charge in [-0.25, -0.2) is 4.39 Å². The molecule has 108 valence electrons. The number of benzene rings is 1. The van der Waals surface area contributed by atoms with Crippen molar-refractivity contribution in [1.82, 2.24) is 4.90 Å². The third-order valence-electron chi connectivity index (χ3n) is 4.07. The van der Waals surface area contributed by atoms with Crippen LogP contribution in [0.1, 0.15) is 31.7 Å². The average Bonchev–Trinajstić information content (AvgIpc) is 2.79. The molecule has 1 aromatic rings. The van der Waals surface area contributed by atoms with Crippen molar-refractivity contribution in [3.8, 4) is 0 Å². The van der Waals surface area contributed by atoms with Gasteiger partial charge in [-0.15, -0.1) is 0 Å². The van der Waals surface area contributed by atoms with E-state index in [2.05, 4.69) is 0 Å². The number of rotatable bonds is 3. The molecular weight excluding hydrogens is 261 g/mol. The molecule has 5 heteroatoms. The van der Waals surface area contributed by atoms with Gasteiger partial charge in [0.1, 0.15) is 5.82 Å². The standard InChI is InChI=1S/C15H18FNO3/c1-9(11-4-3-5-12(16)8-11)14(18)17-7-6-13(10(17)2)15(19)20/h3-5,8-10,13H,6-7H2,1-2H3,(H,19,20). The summed E-state index contributed by atoms with van der Waals surface area (Å²) in [5, 5.41) is 9.09. The minimum absolute atomic E-state index is 0.146. The minimum Gasteiger partial charge on any atom is -0.481 e. The Morgan fingerprint density at radius 1 is 1.45 bits per heavy atom. The van der Waals surface area contributed by atoms with Crippen LogP contribution < -0.4 is 0 Å². The van der Waals surface area contributed by atoms with Gasteiger partial charge >= 0.3 is 5.97 Å². The third kappa shape index (κ3) is 2.66. The number of hydrogen-bond acceptors (Lipinski definition) is 2. The lowest BCUT2D eigenvalue weighted by molar-refractivity contribution is -0.143. The summed E-state index contributed by atoms with van der Waals surface area (Å²) in [6.45, 7) is 3.91. The normalized spacial score (nSPS) is 23.6. The highest BCUT2D eigenvalue weighted by atomic mass is 19.1. The zero-order valence-corrected chi connectivity index (χ0v) is 11.5. The topological polar surface area (TPSA) is 57.6 Å². The number of nitrogens with zero attached hydrogens (tertiary/aromatic N) is 1. The van der Waals surface area contributed by atoms with Crippen LogP contribution >= 0.6 is 0 Å². The second-order valence-corrected chi connectivity index (χ2v) is 5.28. The smallest absolute Gasteiger partial charge is 0.308 e. The maximum Gasteiger partial charge on any atom is 0.308 e. The predicted octanol–water partition coefficient (Wildman–Crippen LogP) is 2.25. The van der Waals surface area contributed by atoms with Gasteiger partial charge < -0.3 is 10.0 Å². The van der Waals surface area contributed by atoms with Crippen molar-refractivity contribution in [1.29, 1.82) is 0 Å². The van der Waals surface area contributed by atoms with E-state index in [1.807, 2.05) is 0 Å². The number of carbonyl (C=O) groups is 2. The quantitative estimate of drug-likeness (QED) is 0.923. The first kappa shape index (κ1) is 14.5. The Bertz CT molecular complexity index is 532. The highest BCUT2D eigenvalue weighted by molar-refractivity contribution is 5.85. The van der Waals surface area contributed by atoms with Crippen LogP contribution in [0.4, 0.5) is 4.39 Å². The lowest BCUT2D eigenvalue weighted by atomic mass is 9.98. The first-order chi connectivity index (χ1) is 9.41. The fourth-order valence-corrected chi connectivity index (χ4v) is 2.75. The van der Waals surface area contributed by atoms with Gasteiger partial charge in [0, 0.05) is 12.6 Å². The van der Waals surface area contributed by atoms with Crippen molar-refractivity contribution in [2.24, 2.45) is 5.92 Å².